The normalized spacial score (nSPS) is 19.7. The van der Waals surface area contributed by atoms with Crippen LogP contribution in [0, 0.1) is 11.8 Å². The van der Waals surface area contributed by atoms with Crippen molar-refractivity contribution in [3.05, 3.63) is 36.4 Å². The molecule has 1 aliphatic heterocycles. The molecule has 7 nitrogen and oxygen atoms in total. The molecule has 0 spiro atoms. The fraction of sp³-hybridized carbons (Fsp3) is 0.500. The minimum atomic E-state index is -4.60. The number of alkyl halides is 5. The number of rotatable bonds is 6. The first-order valence-electron chi connectivity index (χ1n) is 10.1. The second-order valence-electron chi connectivity index (χ2n) is 7.79. The third-order valence-corrected chi connectivity index (χ3v) is 5.57. The molecule has 3 aromatic rings. The summed E-state index contributed by atoms with van der Waals surface area (Å²) in [4.78, 5) is 14.1. The first-order chi connectivity index (χ1) is 15.2. The number of hydrogen-bond donors (Lipinski definition) is 0. The Balaban J connectivity index is 1.49. The lowest BCUT2D eigenvalue weighted by molar-refractivity contribution is -0.142. The van der Waals surface area contributed by atoms with Crippen molar-refractivity contribution in [2.24, 2.45) is 11.8 Å². The predicted octanol–water partition coefficient (Wildman–Crippen LogP) is 4.05. The van der Waals surface area contributed by atoms with Crippen molar-refractivity contribution >= 4 is 17.0 Å². The molecule has 1 saturated heterocycles. The number of nitrogens with zero attached hydrogens (tertiary/aromatic N) is 6. The lowest BCUT2D eigenvalue weighted by Crippen LogP contribution is -2.42. The van der Waals surface area contributed by atoms with Crippen molar-refractivity contribution in [3.63, 3.8) is 0 Å². The van der Waals surface area contributed by atoms with Crippen LogP contribution in [0.1, 0.15) is 19.0 Å². The highest BCUT2D eigenvalue weighted by molar-refractivity contribution is 5.71. The number of piperidine rings is 1. The van der Waals surface area contributed by atoms with Crippen molar-refractivity contribution in [3.8, 4) is 5.75 Å². The Morgan fingerprint density at radius 3 is 2.78 bits per heavy atom. The molecule has 0 amide bonds. The van der Waals surface area contributed by atoms with Crippen LogP contribution < -0.4 is 9.64 Å². The molecule has 1 fully saturated rings. The first kappa shape index (κ1) is 22.2. The van der Waals surface area contributed by atoms with Crippen molar-refractivity contribution in [2.75, 3.05) is 24.6 Å². The Labute approximate surface area is 180 Å². The number of fused-ring (bicyclic) bond motifs is 1. The van der Waals surface area contributed by atoms with Gasteiger partial charge in [-0.15, -0.1) is 0 Å². The van der Waals surface area contributed by atoms with E-state index >= 15 is 0 Å². The third-order valence-electron chi connectivity index (χ3n) is 5.57. The number of ether oxygens (including phenoxy) is 1. The average molecular weight is 456 g/mol. The molecule has 4 heterocycles. The van der Waals surface area contributed by atoms with E-state index in [2.05, 4.69) is 20.1 Å². The zero-order chi connectivity index (χ0) is 22.9. The number of halogens is 5. The summed E-state index contributed by atoms with van der Waals surface area (Å²) in [5.74, 6) is 0.330. The maximum Gasteiger partial charge on any atom is 0.437 e. The van der Waals surface area contributed by atoms with Gasteiger partial charge < -0.3 is 9.64 Å². The van der Waals surface area contributed by atoms with Crippen LogP contribution in [-0.4, -0.2) is 50.9 Å². The molecule has 0 bridgehead atoms. The average Bonchev–Trinajstić information content (AvgIpc) is 3.14. The van der Waals surface area contributed by atoms with Gasteiger partial charge in [0.1, 0.15) is 23.6 Å². The lowest BCUT2D eigenvalue weighted by Gasteiger charge is -2.37. The van der Waals surface area contributed by atoms with Crippen molar-refractivity contribution in [1.29, 1.82) is 0 Å². The van der Waals surface area contributed by atoms with Crippen LogP contribution in [0.4, 0.5) is 27.8 Å². The second-order valence-corrected chi connectivity index (χ2v) is 7.79. The van der Waals surface area contributed by atoms with Gasteiger partial charge in [-0.25, -0.2) is 28.4 Å². The van der Waals surface area contributed by atoms with E-state index in [-0.39, 0.29) is 29.8 Å². The molecule has 0 N–H and O–H groups in total. The SMILES string of the molecule is C[C@H]1CCN(c2cnc3cnn(CC(F)F)c3n2)C[C@H]1COc1cccnc1C(F)(F)F. The summed E-state index contributed by atoms with van der Waals surface area (Å²) >= 11 is 0. The maximum atomic E-state index is 13.2. The Bertz CT molecular complexity index is 1070. The predicted molar refractivity (Wildman–Crippen MR) is 106 cm³/mol. The molecule has 2 atom stereocenters. The van der Waals surface area contributed by atoms with Gasteiger partial charge in [-0.2, -0.15) is 18.3 Å². The van der Waals surface area contributed by atoms with Gasteiger partial charge in [0.2, 0.25) is 0 Å². The molecule has 0 aliphatic carbocycles. The van der Waals surface area contributed by atoms with Gasteiger partial charge in [0.05, 0.1) is 19.0 Å². The van der Waals surface area contributed by atoms with E-state index in [1.54, 1.807) is 6.20 Å². The highest BCUT2D eigenvalue weighted by Crippen LogP contribution is 2.35. The van der Waals surface area contributed by atoms with Crippen LogP contribution in [0.2, 0.25) is 0 Å². The van der Waals surface area contributed by atoms with Gasteiger partial charge in [-0.05, 0) is 24.5 Å². The number of hydrogen-bond acceptors (Lipinski definition) is 6. The van der Waals surface area contributed by atoms with E-state index in [4.69, 9.17) is 4.74 Å². The molecule has 1 aliphatic rings. The van der Waals surface area contributed by atoms with Crippen molar-refractivity contribution < 1.29 is 26.7 Å². The zero-order valence-corrected chi connectivity index (χ0v) is 17.1. The molecule has 32 heavy (non-hydrogen) atoms. The van der Waals surface area contributed by atoms with Crippen LogP contribution in [0.15, 0.2) is 30.7 Å². The molecule has 0 radical (unpaired) electrons. The summed E-state index contributed by atoms with van der Waals surface area (Å²) < 4.78 is 71.7. The Morgan fingerprint density at radius 2 is 2.03 bits per heavy atom. The van der Waals surface area contributed by atoms with Crippen LogP contribution in [0.5, 0.6) is 5.75 Å². The molecule has 0 saturated carbocycles. The molecular formula is C20H21F5N6O. The summed E-state index contributed by atoms with van der Waals surface area (Å²) in [5, 5.41) is 3.92. The molecule has 3 aromatic heterocycles. The van der Waals surface area contributed by atoms with Crippen LogP contribution in [0.3, 0.4) is 0 Å². The van der Waals surface area contributed by atoms with Gasteiger partial charge in [0.25, 0.3) is 6.43 Å². The van der Waals surface area contributed by atoms with Crippen molar-refractivity contribution in [1.82, 2.24) is 24.7 Å². The van der Waals surface area contributed by atoms with Crippen molar-refractivity contribution in [2.45, 2.75) is 32.5 Å². The Morgan fingerprint density at radius 1 is 1.22 bits per heavy atom. The summed E-state index contributed by atoms with van der Waals surface area (Å²) in [7, 11) is 0. The van der Waals surface area contributed by atoms with E-state index in [9.17, 15) is 22.0 Å². The minimum Gasteiger partial charge on any atom is -0.491 e. The Kier molecular flexibility index (Phi) is 6.11. The summed E-state index contributed by atoms with van der Waals surface area (Å²) in [6.07, 6.45) is -2.40. The van der Waals surface area contributed by atoms with Crippen LogP contribution in [0.25, 0.3) is 11.2 Å². The smallest absolute Gasteiger partial charge is 0.437 e. The monoisotopic (exact) mass is 456 g/mol. The van der Waals surface area contributed by atoms with E-state index in [1.165, 1.54) is 18.3 Å². The molecule has 4 rings (SSSR count). The Hall–Kier alpha value is -3.05. The first-order valence-corrected chi connectivity index (χ1v) is 10.1. The quantitative estimate of drug-likeness (QED) is 0.522. The third kappa shape index (κ3) is 4.73. The van der Waals surface area contributed by atoms with E-state index in [0.29, 0.717) is 24.4 Å². The number of pyridine rings is 1. The van der Waals surface area contributed by atoms with Gasteiger partial charge in [0, 0.05) is 25.2 Å². The summed E-state index contributed by atoms with van der Waals surface area (Å²) in [5.41, 5.74) is -0.376. The zero-order valence-electron chi connectivity index (χ0n) is 17.1. The fourth-order valence-corrected chi connectivity index (χ4v) is 3.75. The lowest BCUT2D eigenvalue weighted by atomic mass is 9.87. The standard InChI is InChI=1S/C20H21F5N6O/c1-12-4-6-30(17-8-27-14-7-28-31(10-16(21)22)19(14)29-17)9-13(12)11-32-15-3-2-5-26-18(15)20(23,24)25/h2-3,5,7-8,12-13,16H,4,6,9-11H2,1H3/t12-,13-/m0/s1. The maximum absolute atomic E-state index is 13.2. The number of anilines is 1. The fourth-order valence-electron chi connectivity index (χ4n) is 3.75. The largest absolute Gasteiger partial charge is 0.491 e. The number of aromatic nitrogens is 5. The molecular weight excluding hydrogens is 435 g/mol. The summed E-state index contributed by atoms with van der Waals surface area (Å²) in [6, 6.07) is 2.65. The van der Waals surface area contributed by atoms with Crippen LogP contribution in [-0.2, 0) is 12.7 Å². The van der Waals surface area contributed by atoms with E-state index in [0.717, 1.165) is 17.3 Å². The van der Waals surface area contributed by atoms with Gasteiger partial charge >= 0.3 is 6.18 Å². The van der Waals surface area contributed by atoms with E-state index in [1.807, 2.05) is 11.8 Å². The van der Waals surface area contributed by atoms with Gasteiger partial charge in [0.15, 0.2) is 11.3 Å². The topological polar surface area (TPSA) is 69.0 Å². The van der Waals surface area contributed by atoms with E-state index < -0.39 is 24.8 Å². The molecule has 172 valence electrons. The molecule has 0 unspecified atom stereocenters. The van der Waals surface area contributed by atoms with Crippen LogP contribution >= 0.6 is 0 Å². The second kappa shape index (κ2) is 8.83. The summed E-state index contributed by atoms with van der Waals surface area (Å²) in [6.45, 7) is 2.65. The minimum absolute atomic E-state index is 0.0748. The highest BCUT2D eigenvalue weighted by Gasteiger charge is 2.37. The molecule has 12 heteroatoms. The van der Waals surface area contributed by atoms with Gasteiger partial charge in [-0.1, -0.05) is 6.92 Å². The molecule has 0 aromatic carbocycles. The highest BCUT2D eigenvalue weighted by atomic mass is 19.4. The van der Waals surface area contributed by atoms with Gasteiger partial charge in [-0.3, -0.25) is 0 Å².